The molecule has 4 rings (SSSR count). The van der Waals surface area contributed by atoms with Gasteiger partial charge in [-0.05, 0) is 43.9 Å². The fraction of sp³-hybridized carbons (Fsp3) is 0.450. The first kappa shape index (κ1) is 18.6. The van der Waals surface area contributed by atoms with Gasteiger partial charge in [-0.2, -0.15) is 0 Å². The van der Waals surface area contributed by atoms with E-state index in [0.717, 1.165) is 37.4 Å². The highest BCUT2D eigenvalue weighted by molar-refractivity contribution is 5.95. The number of likely N-dealkylation sites (tertiary alicyclic amines) is 1. The third-order valence-electron chi connectivity index (χ3n) is 5.27. The minimum absolute atomic E-state index is 0.172. The van der Waals surface area contributed by atoms with E-state index in [1.807, 2.05) is 6.07 Å². The molecule has 1 aliphatic heterocycles. The third kappa shape index (κ3) is 3.76. The van der Waals surface area contributed by atoms with Crippen molar-refractivity contribution in [3.63, 3.8) is 0 Å². The normalized spacial score (nSPS) is 17.5. The van der Waals surface area contributed by atoms with Crippen LogP contribution in [-0.4, -0.2) is 47.0 Å². The number of amides is 1. The summed E-state index contributed by atoms with van der Waals surface area (Å²) in [7, 11) is 1.18. The van der Waals surface area contributed by atoms with Crippen molar-refractivity contribution in [2.45, 2.75) is 37.6 Å². The molecule has 0 spiro atoms. The van der Waals surface area contributed by atoms with Crippen LogP contribution in [0.5, 0.6) is 5.75 Å². The zero-order chi connectivity index (χ0) is 19.7. The third-order valence-corrected chi connectivity index (χ3v) is 5.27. The number of carbonyl (C=O) groups is 1. The van der Waals surface area contributed by atoms with E-state index in [0.29, 0.717) is 25.1 Å². The van der Waals surface area contributed by atoms with Crippen molar-refractivity contribution < 1.29 is 18.3 Å². The Hall–Kier alpha value is -2.77. The second-order valence-corrected chi connectivity index (χ2v) is 7.23. The summed E-state index contributed by atoms with van der Waals surface area (Å²) in [6.45, 7) is 0.968. The second kappa shape index (κ2) is 7.69. The van der Waals surface area contributed by atoms with E-state index < -0.39 is 23.3 Å². The van der Waals surface area contributed by atoms with Crippen LogP contribution in [0.1, 0.15) is 47.7 Å². The molecular formula is C20H22F2N4O2. The minimum Gasteiger partial charge on any atom is -0.491 e. The van der Waals surface area contributed by atoms with Crippen LogP contribution in [0.25, 0.3) is 0 Å². The van der Waals surface area contributed by atoms with E-state index in [1.165, 1.54) is 13.2 Å². The number of hydrogen-bond acceptors (Lipinski definition) is 5. The molecule has 0 atom stereocenters. The van der Waals surface area contributed by atoms with E-state index in [2.05, 4.69) is 15.3 Å². The monoisotopic (exact) mass is 388 g/mol. The maximum absolute atomic E-state index is 14.4. The molecule has 6 nitrogen and oxygen atoms in total. The number of anilines is 1. The lowest BCUT2D eigenvalue weighted by atomic mass is 9.93. The molecule has 0 bridgehead atoms. The lowest BCUT2D eigenvalue weighted by Crippen LogP contribution is -2.38. The average Bonchev–Trinajstić information content (AvgIpc) is 3.52. The van der Waals surface area contributed by atoms with Crippen molar-refractivity contribution in [3.05, 3.63) is 47.3 Å². The molecule has 2 fully saturated rings. The molecule has 1 aromatic carbocycles. The standard InChI is InChI=1S/C20H22F2N4O2/c1-28-18-15(21)5-4-14(17(18)22)19(27)26-10-7-12(8-11-26)16-6-9-23-20(25-16)24-13-2-3-13/h4-6,9,12-13H,2-3,7-8,10-11H2,1H3,(H,23,24,25). The van der Waals surface area contributed by atoms with Gasteiger partial charge >= 0.3 is 0 Å². The first-order valence-corrected chi connectivity index (χ1v) is 9.47. The predicted octanol–water partition coefficient (Wildman–Crippen LogP) is 3.36. The Morgan fingerprint density at radius 3 is 2.61 bits per heavy atom. The number of halogens is 2. The highest BCUT2D eigenvalue weighted by Crippen LogP contribution is 2.30. The summed E-state index contributed by atoms with van der Waals surface area (Å²) in [5.41, 5.74) is 0.787. The van der Waals surface area contributed by atoms with Crippen molar-refractivity contribution in [2.24, 2.45) is 0 Å². The van der Waals surface area contributed by atoms with Crippen LogP contribution in [0.2, 0.25) is 0 Å². The van der Waals surface area contributed by atoms with E-state index >= 15 is 0 Å². The molecule has 28 heavy (non-hydrogen) atoms. The number of nitrogens with zero attached hydrogens (tertiary/aromatic N) is 3. The lowest BCUT2D eigenvalue weighted by molar-refractivity contribution is 0.0706. The van der Waals surface area contributed by atoms with E-state index in [-0.39, 0.29) is 11.5 Å². The van der Waals surface area contributed by atoms with E-state index in [4.69, 9.17) is 4.74 Å². The second-order valence-electron chi connectivity index (χ2n) is 7.23. The maximum Gasteiger partial charge on any atom is 0.256 e. The molecule has 1 aromatic heterocycles. The molecular weight excluding hydrogens is 366 g/mol. The number of methoxy groups -OCH3 is 1. The van der Waals surface area contributed by atoms with Crippen LogP contribution >= 0.6 is 0 Å². The summed E-state index contributed by atoms with van der Waals surface area (Å²) in [4.78, 5) is 23.2. The van der Waals surface area contributed by atoms with Crippen molar-refractivity contribution in [1.29, 1.82) is 0 Å². The number of benzene rings is 1. The van der Waals surface area contributed by atoms with Crippen LogP contribution in [0.3, 0.4) is 0 Å². The lowest BCUT2D eigenvalue weighted by Gasteiger charge is -2.32. The van der Waals surface area contributed by atoms with Crippen LogP contribution < -0.4 is 10.1 Å². The Labute approximate surface area is 161 Å². The van der Waals surface area contributed by atoms with Gasteiger partial charge in [0.05, 0.1) is 12.7 Å². The Kier molecular flexibility index (Phi) is 5.11. The number of rotatable bonds is 5. The van der Waals surface area contributed by atoms with Gasteiger partial charge in [-0.1, -0.05) is 0 Å². The van der Waals surface area contributed by atoms with Gasteiger partial charge in [0.15, 0.2) is 17.4 Å². The highest BCUT2D eigenvalue weighted by atomic mass is 19.1. The molecule has 1 saturated heterocycles. The van der Waals surface area contributed by atoms with Gasteiger partial charge in [-0.25, -0.2) is 18.7 Å². The summed E-state index contributed by atoms with van der Waals surface area (Å²) in [6.07, 6.45) is 5.51. The Morgan fingerprint density at radius 1 is 1.18 bits per heavy atom. The highest BCUT2D eigenvalue weighted by Gasteiger charge is 2.29. The molecule has 0 unspecified atom stereocenters. The Morgan fingerprint density at radius 2 is 1.93 bits per heavy atom. The molecule has 2 aromatic rings. The summed E-state index contributed by atoms with van der Waals surface area (Å²) >= 11 is 0. The number of nitrogens with one attached hydrogen (secondary N) is 1. The van der Waals surface area contributed by atoms with E-state index in [9.17, 15) is 13.6 Å². The Balaban J connectivity index is 1.42. The van der Waals surface area contributed by atoms with Gasteiger partial charge in [0.1, 0.15) is 0 Å². The minimum atomic E-state index is -0.957. The largest absolute Gasteiger partial charge is 0.491 e. The van der Waals surface area contributed by atoms with Gasteiger partial charge in [-0.15, -0.1) is 0 Å². The zero-order valence-electron chi connectivity index (χ0n) is 15.6. The average molecular weight is 388 g/mol. The first-order valence-electron chi connectivity index (χ1n) is 9.47. The molecule has 0 radical (unpaired) electrons. The molecule has 1 N–H and O–H groups in total. The molecule has 2 heterocycles. The summed E-state index contributed by atoms with van der Waals surface area (Å²) in [6, 6.07) is 4.61. The van der Waals surface area contributed by atoms with Crippen LogP contribution in [0.15, 0.2) is 24.4 Å². The van der Waals surface area contributed by atoms with Gasteiger partial charge in [-0.3, -0.25) is 4.79 Å². The topological polar surface area (TPSA) is 67.3 Å². The smallest absolute Gasteiger partial charge is 0.256 e. The summed E-state index contributed by atoms with van der Waals surface area (Å²) in [5.74, 6) is -1.89. The SMILES string of the molecule is COc1c(F)ccc(C(=O)N2CCC(c3ccnc(NC4CC4)n3)CC2)c1F. The quantitative estimate of drug-likeness (QED) is 0.851. The Bertz CT molecular complexity index is 881. The summed E-state index contributed by atoms with van der Waals surface area (Å²) in [5, 5.41) is 3.29. The molecule has 2 aliphatic rings. The first-order chi connectivity index (χ1) is 13.6. The van der Waals surface area contributed by atoms with Gasteiger partial charge < -0.3 is 15.0 Å². The molecule has 8 heteroatoms. The number of piperidine rings is 1. The van der Waals surface area contributed by atoms with Crippen molar-refractivity contribution in [2.75, 3.05) is 25.5 Å². The van der Waals surface area contributed by atoms with Crippen LogP contribution in [0.4, 0.5) is 14.7 Å². The predicted molar refractivity (Wildman–Crippen MR) is 99.5 cm³/mol. The van der Waals surface area contributed by atoms with E-state index in [1.54, 1.807) is 11.1 Å². The van der Waals surface area contributed by atoms with Crippen LogP contribution in [0, 0.1) is 11.6 Å². The van der Waals surface area contributed by atoms with Crippen molar-refractivity contribution in [1.82, 2.24) is 14.9 Å². The molecule has 1 saturated carbocycles. The molecule has 148 valence electrons. The van der Waals surface area contributed by atoms with Gasteiger partial charge in [0.2, 0.25) is 5.95 Å². The molecule has 1 amide bonds. The summed E-state index contributed by atoms with van der Waals surface area (Å²) < 4.78 is 32.7. The van der Waals surface area contributed by atoms with Crippen molar-refractivity contribution >= 4 is 11.9 Å². The zero-order valence-corrected chi connectivity index (χ0v) is 15.6. The maximum atomic E-state index is 14.4. The fourth-order valence-electron chi connectivity index (χ4n) is 3.51. The van der Waals surface area contributed by atoms with Gasteiger partial charge in [0, 0.05) is 36.9 Å². The number of aromatic nitrogens is 2. The number of hydrogen-bond donors (Lipinski definition) is 1. The molecule has 1 aliphatic carbocycles. The van der Waals surface area contributed by atoms with Gasteiger partial charge in [0.25, 0.3) is 5.91 Å². The van der Waals surface area contributed by atoms with Crippen molar-refractivity contribution in [3.8, 4) is 5.75 Å². The number of carbonyl (C=O) groups excluding carboxylic acids is 1. The fourth-order valence-corrected chi connectivity index (χ4v) is 3.51. The number of ether oxygens (including phenoxy) is 1. The van der Waals surface area contributed by atoms with Crippen LogP contribution in [-0.2, 0) is 0 Å².